The summed E-state index contributed by atoms with van der Waals surface area (Å²) in [6.07, 6.45) is 2.56. The van der Waals surface area contributed by atoms with Crippen LogP contribution in [-0.4, -0.2) is 35.1 Å². The number of nitrogens with one attached hydrogen (secondary N) is 2. The standard InChI is InChI=1S/C13H23N5O2/c1-8(2)16-13-15-7-10(14)12(18-13)17-9(3)5-6-11(19)20-4/h7-9H,5-6,14H2,1-4H3,(H2,15,16,17,18)/t9-/m1/s1. The number of hydrogen-bond acceptors (Lipinski definition) is 7. The highest BCUT2D eigenvalue weighted by atomic mass is 16.5. The number of methoxy groups -OCH3 is 1. The van der Waals surface area contributed by atoms with Gasteiger partial charge >= 0.3 is 5.97 Å². The molecule has 0 saturated heterocycles. The quantitative estimate of drug-likeness (QED) is 0.653. The van der Waals surface area contributed by atoms with Gasteiger partial charge in [-0.1, -0.05) is 0 Å². The van der Waals surface area contributed by atoms with Crippen molar-refractivity contribution in [1.82, 2.24) is 9.97 Å². The normalized spacial score (nSPS) is 12.1. The average Bonchev–Trinajstić information content (AvgIpc) is 2.39. The average molecular weight is 281 g/mol. The Labute approximate surface area is 119 Å². The molecule has 0 aliphatic heterocycles. The largest absolute Gasteiger partial charge is 0.469 e. The number of rotatable bonds is 7. The maximum absolute atomic E-state index is 11.1. The molecule has 0 fully saturated rings. The molecule has 0 unspecified atom stereocenters. The van der Waals surface area contributed by atoms with Crippen molar-refractivity contribution in [2.24, 2.45) is 0 Å². The number of ether oxygens (including phenoxy) is 1. The Morgan fingerprint density at radius 2 is 2.10 bits per heavy atom. The minimum Gasteiger partial charge on any atom is -0.469 e. The molecule has 0 saturated carbocycles. The molecule has 0 bridgehead atoms. The summed E-state index contributed by atoms with van der Waals surface area (Å²) in [7, 11) is 1.38. The van der Waals surface area contributed by atoms with Crippen molar-refractivity contribution in [1.29, 1.82) is 0 Å². The molecule has 1 aromatic rings. The Morgan fingerprint density at radius 1 is 1.40 bits per heavy atom. The molecule has 0 aliphatic carbocycles. The molecule has 0 amide bonds. The van der Waals surface area contributed by atoms with Gasteiger partial charge in [-0.05, 0) is 27.2 Å². The van der Waals surface area contributed by atoms with E-state index in [2.05, 4.69) is 25.3 Å². The predicted molar refractivity (Wildman–Crippen MR) is 79.5 cm³/mol. The molecule has 1 heterocycles. The molecule has 7 nitrogen and oxygen atoms in total. The Bertz CT molecular complexity index is 450. The third-order valence-electron chi connectivity index (χ3n) is 2.63. The lowest BCUT2D eigenvalue weighted by molar-refractivity contribution is -0.140. The van der Waals surface area contributed by atoms with Crippen LogP contribution in [0.15, 0.2) is 6.20 Å². The lowest BCUT2D eigenvalue weighted by Crippen LogP contribution is -2.20. The van der Waals surface area contributed by atoms with Crippen LogP contribution in [0.4, 0.5) is 17.5 Å². The molecular weight excluding hydrogens is 258 g/mol. The van der Waals surface area contributed by atoms with Crippen molar-refractivity contribution in [2.45, 2.75) is 45.7 Å². The van der Waals surface area contributed by atoms with Crippen molar-refractivity contribution in [3.05, 3.63) is 6.20 Å². The van der Waals surface area contributed by atoms with Gasteiger partial charge in [0.25, 0.3) is 0 Å². The highest BCUT2D eigenvalue weighted by molar-refractivity contribution is 5.69. The minimum atomic E-state index is -0.225. The van der Waals surface area contributed by atoms with Gasteiger partial charge in [0.05, 0.1) is 19.0 Å². The number of nitrogens with two attached hydrogens (primary N) is 1. The number of anilines is 3. The van der Waals surface area contributed by atoms with E-state index in [4.69, 9.17) is 5.73 Å². The molecule has 20 heavy (non-hydrogen) atoms. The highest BCUT2D eigenvalue weighted by Gasteiger charge is 2.10. The van der Waals surface area contributed by atoms with E-state index in [1.807, 2.05) is 20.8 Å². The zero-order chi connectivity index (χ0) is 15.1. The first-order valence-corrected chi connectivity index (χ1v) is 6.64. The lowest BCUT2D eigenvalue weighted by Gasteiger charge is -2.16. The molecule has 7 heteroatoms. The third-order valence-corrected chi connectivity index (χ3v) is 2.63. The lowest BCUT2D eigenvalue weighted by atomic mass is 10.2. The molecule has 1 aromatic heterocycles. The van der Waals surface area contributed by atoms with Crippen LogP contribution in [0.2, 0.25) is 0 Å². The molecule has 0 spiro atoms. The summed E-state index contributed by atoms with van der Waals surface area (Å²) in [6, 6.07) is 0.293. The fourth-order valence-electron chi connectivity index (χ4n) is 1.58. The van der Waals surface area contributed by atoms with Crippen molar-refractivity contribution in [3.8, 4) is 0 Å². The number of hydrogen-bond donors (Lipinski definition) is 3. The Hall–Kier alpha value is -2.05. The van der Waals surface area contributed by atoms with Crippen LogP contribution in [0.25, 0.3) is 0 Å². The number of nitrogens with zero attached hydrogens (tertiary/aromatic N) is 2. The van der Waals surface area contributed by atoms with E-state index < -0.39 is 0 Å². The first kappa shape index (κ1) is 16.0. The predicted octanol–water partition coefficient (Wildman–Crippen LogP) is 1.63. The van der Waals surface area contributed by atoms with Gasteiger partial charge in [0.2, 0.25) is 5.95 Å². The molecule has 112 valence electrons. The van der Waals surface area contributed by atoms with Crippen LogP contribution < -0.4 is 16.4 Å². The molecular formula is C13H23N5O2. The van der Waals surface area contributed by atoms with Gasteiger partial charge in [0, 0.05) is 18.5 Å². The first-order valence-electron chi connectivity index (χ1n) is 6.64. The van der Waals surface area contributed by atoms with Crippen LogP contribution in [0.5, 0.6) is 0 Å². The van der Waals surface area contributed by atoms with Crippen molar-refractivity contribution in [2.75, 3.05) is 23.5 Å². The summed E-state index contributed by atoms with van der Waals surface area (Å²) in [6.45, 7) is 5.97. The maximum atomic E-state index is 11.1. The summed E-state index contributed by atoms with van der Waals surface area (Å²) < 4.78 is 4.61. The van der Waals surface area contributed by atoms with Gasteiger partial charge < -0.3 is 21.1 Å². The van der Waals surface area contributed by atoms with E-state index in [-0.39, 0.29) is 18.1 Å². The fourth-order valence-corrected chi connectivity index (χ4v) is 1.58. The van der Waals surface area contributed by atoms with E-state index in [1.54, 1.807) is 6.20 Å². The molecule has 4 N–H and O–H groups in total. The second-order valence-electron chi connectivity index (χ2n) is 4.96. The Morgan fingerprint density at radius 3 is 2.70 bits per heavy atom. The molecule has 0 radical (unpaired) electrons. The van der Waals surface area contributed by atoms with E-state index >= 15 is 0 Å². The van der Waals surface area contributed by atoms with E-state index in [9.17, 15) is 4.79 Å². The third kappa shape index (κ3) is 5.29. The van der Waals surface area contributed by atoms with E-state index in [0.717, 1.165) is 0 Å². The van der Waals surface area contributed by atoms with Gasteiger partial charge in [0.1, 0.15) is 0 Å². The monoisotopic (exact) mass is 281 g/mol. The number of carbonyl (C=O) groups is 1. The molecule has 0 aliphatic rings. The van der Waals surface area contributed by atoms with Crippen LogP contribution in [0.1, 0.15) is 33.6 Å². The van der Waals surface area contributed by atoms with Gasteiger partial charge in [-0.15, -0.1) is 0 Å². The number of esters is 1. The zero-order valence-corrected chi connectivity index (χ0v) is 12.4. The van der Waals surface area contributed by atoms with Gasteiger partial charge in [0.15, 0.2) is 5.82 Å². The fraction of sp³-hybridized carbons (Fsp3) is 0.615. The van der Waals surface area contributed by atoms with Crippen molar-refractivity contribution in [3.63, 3.8) is 0 Å². The minimum absolute atomic E-state index is 0.0539. The van der Waals surface area contributed by atoms with E-state index in [0.29, 0.717) is 30.3 Å². The summed E-state index contributed by atoms with van der Waals surface area (Å²) in [4.78, 5) is 19.5. The smallest absolute Gasteiger partial charge is 0.305 e. The number of aromatic nitrogens is 2. The second kappa shape index (κ2) is 7.52. The zero-order valence-electron chi connectivity index (χ0n) is 12.4. The summed E-state index contributed by atoms with van der Waals surface area (Å²) in [5.74, 6) is 0.869. The second-order valence-corrected chi connectivity index (χ2v) is 4.96. The summed E-state index contributed by atoms with van der Waals surface area (Å²) in [5, 5.41) is 6.29. The highest BCUT2D eigenvalue weighted by Crippen LogP contribution is 2.18. The van der Waals surface area contributed by atoms with Gasteiger partial charge in [-0.3, -0.25) is 4.79 Å². The summed E-state index contributed by atoms with van der Waals surface area (Å²) in [5.41, 5.74) is 6.32. The van der Waals surface area contributed by atoms with Gasteiger partial charge in [-0.2, -0.15) is 4.98 Å². The van der Waals surface area contributed by atoms with Crippen molar-refractivity contribution >= 4 is 23.4 Å². The van der Waals surface area contributed by atoms with Gasteiger partial charge in [-0.25, -0.2) is 4.98 Å². The topological polar surface area (TPSA) is 102 Å². The van der Waals surface area contributed by atoms with Crippen LogP contribution >= 0.6 is 0 Å². The van der Waals surface area contributed by atoms with E-state index in [1.165, 1.54) is 7.11 Å². The number of nitrogen functional groups attached to an aromatic ring is 1. The first-order chi connectivity index (χ1) is 9.42. The van der Waals surface area contributed by atoms with Crippen LogP contribution in [0.3, 0.4) is 0 Å². The van der Waals surface area contributed by atoms with Crippen LogP contribution in [0, 0.1) is 0 Å². The Balaban J connectivity index is 2.63. The van der Waals surface area contributed by atoms with Crippen LogP contribution in [-0.2, 0) is 9.53 Å². The van der Waals surface area contributed by atoms with Crippen molar-refractivity contribution < 1.29 is 9.53 Å². The Kier molecular flexibility index (Phi) is 6.02. The maximum Gasteiger partial charge on any atom is 0.305 e. The molecule has 0 aromatic carbocycles. The number of carbonyl (C=O) groups excluding carboxylic acids is 1. The molecule has 1 atom stereocenters. The SMILES string of the molecule is COC(=O)CC[C@@H](C)Nc1nc(NC(C)C)ncc1N. The molecule has 1 rings (SSSR count). The summed E-state index contributed by atoms with van der Waals surface area (Å²) >= 11 is 0.